The molecule has 0 radical (unpaired) electrons. The Kier molecular flexibility index (Phi) is 6.29. The van der Waals surface area contributed by atoms with Crippen molar-refractivity contribution in [3.63, 3.8) is 0 Å². The van der Waals surface area contributed by atoms with E-state index >= 15 is 0 Å². The molecule has 0 fully saturated rings. The highest BCUT2D eigenvalue weighted by molar-refractivity contribution is 5.80. The predicted octanol–water partition coefficient (Wildman–Crippen LogP) is 1.29. The van der Waals surface area contributed by atoms with E-state index in [1.165, 1.54) is 10.8 Å². The highest BCUT2D eigenvalue weighted by Crippen LogP contribution is 2.33. The van der Waals surface area contributed by atoms with Gasteiger partial charge in [0, 0.05) is 31.6 Å². The van der Waals surface area contributed by atoms with Crippen LogP contribution in [-0.2, 0) is 14.1 Å². The molecule has 33 heavy (non-hydrogen) atoms. The molecule has 4 rings (SSSR count). The number of rotatable bonds is 3. The Balaban J connectivity index is 0.000000252. The van der Waals surface area contributed by atoms with Gasteiger partial charge in [0.2, 0.25) is 0 Å². The first-order valence-electron chi connectivity index (χ1n) is 9.38. The summed E-state index contributed by atoms with van der Waals surface area (Å²) < 4.78 is 1.25. The number of aromatic nitrogens is 3. The van der Waals surface area contributed by atoms with Crippen LogP contribution in [0.4, 0.5) is 11.4 Å². The van der Waals surface area contributed by atoms with Crippen LogP contribution in [0.2, 0.25) is 0 Å². The van der Waals surface area contributed by atoms with E-state index in [1.807, 2.05) is 24.5 Å². The van der Waals surface area contributed by atoms with Gasteiger partial charge in [0.25, 0.3) is 16.9 Å². The molecule has 0 saturated heterocycles. The number of pyridine rings is 1. The lowest BCUT2D eigenvalue weighted by Gasteiger charge is -2.18. The number of nitrogens with zero attached hydrogens (tertiary/aromatic N) is 4. The van der Waals surface area contributed by atoms with Crippen molar-refractivity contribution in [1.82, 2.24) is 9.13 Å². The van der Waals surface area contributed by atoms with Gasteiger partial charge in [0.05, 0.1) is 27.0 Å². The molecule has 1 N–H and O–H groups in total. The maximum absolute atomic E-state index is 12.1. The molecule has 0 aliphatic heterocycles. The lowest BCUT2D eigenvalue weighted by Crippen LogP contribution is -2.39. The van der Waals surface area contributed by atoms with E-state index in [-0.39, 0.29) is 5.56 Å². The van der Waals surface area contributed by atoms with E-state index in [9.17, 15) is 34.9 Å². The first kappa shape index (κ1) is 22.8. The number of nitrogens with one attached hydrogen (secondary N) is 1. The molecule has 12 nitrogen and oxygen atoms in total. The van der Waals surface area contributed by atoms with Crippen LogP contribution in [-0.4, -0.2) is 19.0 Å². The Morgan fingerprint density at radius 3 is 2.15 bits per heavy atom. The summed E-state index contributed by atoms with van der Waals surface area (Å²) in [4.78, 5) is 46.9. The normalized spacial score (nSPS) is 10.4. The lowest BCUT2D eigenvalue weighted by atomic mass is 10.1. The molecule has 0 atom stereocenters. The minimum atomic E-state index is -1.02. The molecule has 0 unspecified atom stereocenters. The molecule has 168 valence electrons. The quantitative estimate of drug-likeness (QED) is 0.334. The van der Waals surface area contributed by atoms with Gasteiger partial charge < -0.3 is 9.67 Å². The summed E-state index contributed by atoms with van der Waals surface area (Å²) in [6.45, 7) is 0. The third-order valence-electron chi connectivity index (χ3n) is 4.86. The molecule has 0 aliphatic rings. The third-order valence-corrected chi connectivity index (χ3v) is 4.86. The number of hydrogen-bond donors (Lipinski definition) is 0. The average Bonchev–Trinajstić information content (AvgIpc) is 2.82. The number of aromatic amines is 1. The van der Waals surface area contributed by atoms with Crippen LogP contribution in [0.5, 0.6) is 5.88 Å². The number of nitro benzene ring substituents is 2. The average molecular weight is 451 g/mol. The smallest absolute Gasteiger partial charge is 0.329 e. The van der Waals surface area contributed by atoms with Gasteiger partial charge in [-0.05, 0) is 23.4 Å². The zero-order valence-electron chi connectivity index (χ0n) is 17.4. The fraction of sp³-hybridized carbons (Fsp3) is 0.0952. The van der Waals surface area contributed by atoms with Crippen LogP contribution in [0, 0.1) is 20.2 Å². The number of benzene rings is 2. The third kappa shape index (κ3) is 4.44. The molecular weight excluding hydrogens is 434 g/mol. The topological polar surface area (TPSA) is 167 Å². The molecule has 2 heterocycles. The summed E-state index contributed by atoms with van der Waals surface area (Å²) in [6.07, 6.45) is 3.93. The zero-order chi connectivity index (χ0) is 24.3. The first-order chi connectivity index (χ1) is 15.6. The number of hydrogen-bond acceptors (Lipinski definition) is 7. The van der Waals surface area contributed by atoms with Gasteiger partial charge in [-0.3, -0.25) is 29.6 Å². The first-order valence-corrected chi connectivity index (χ1v) is 9.38. The molecular formula is C21H17N5O7. The SMILES string of the molecule is Cn1c([O-])c(-c2ccc([N+](=O)[O-])cc2[N+](=O)[O-])c(=O)n(C)c1=O.c1ccc2c[nH+]ccc2c1. The van der Waals surface area contributed by atoms with Crippen molar-refractivity contribution in [1.29, 1.82) is 0 Å². The summed E-state index contributed by atoms with van der Waals surface area (Å²) in [6, 6.07) is 12.9. The van der Waals surface area contributed by atoms with Gasteiger partial charge in [-0.25, -0.2) is 9.78 Å². The molecule has 0 spiro atoms. The second-order valence-electron chi connectivity index (χ2n) is 6.87. The second-order valence-corrected chi connectivity index (χ2v) is 6.87. The molecule has 0 saturated carbocycles. The molecule has 0 aliphatic carbocycles. The summed E-state index contributed by atoms with van der Waals surface area (Å²) in [5, 5.41) is 36.5. The van der Waals surface area contributed by atoms with Crippen molar-refractivity contribution in [3.8, 4) is 17.0 Å². The van der Waals surface area contributed by atoms with Gasteiger partial charge in [0.15, 0.2) is 12.4 Å². The van der Waals surface area contributed by atoms with Crippen LogP contribution in [0.3, 0.4) is 0 Å². The van der Waals surface area contributed by atoms with Gasteiger partial charge in [-0.2, -0.15) is 0 Å². The van der Waals surface area contributed by atoms with E-state index in [0.717, 1.165) is 26.2 Å². The van der Waals surface area contributed by atoms with Crippen molar-refractivity contribution in [2.24, 2.45) is 14.1 Å². The predicted molar refractivity (Wildman–Crippen MR) is 116 cm³/mol. The number of non-ortho nitro benzene ring substituents is 1. The van der Waals surface area contributed by atoms with Crippen LogP contribution >= 0.6 is 0 Å². The molecule has 2 aromatic carbocycles. The minimum absolute atomic E-state index is 0.387. The largest absolute Gasteiger partial charge is 0.859 e. The Morgan fingerprint density at radius 2 is 1.55 bits per heavy atom. The fourth-order valence-corrected chi connectivity index (χ4v) is 3.12. The molecule has 4 aromatic rings. The molecule has 0 amide bonds. The lowest BCUT2D eigenvalue weighted by molar-refractivity contribution is -0.393. The maximum atomic E-state index is 12.1. The molecule has 12 heteroatoms. The van der Waals surface area contributed by atoms with Gasteiger partial charge in [-0.1, -0.05) is 18.2 Å². The van der Waals surface area contributed by atoms with Gasteiger partial charge >= 0.3 is 5.69 Å². The van der Waals surface area contributed by atoms with E-state index in [4.69, 9.17) is 0 Å². The Labute approximate surface area is 184 Å². The van der Waals surface area contributed by atoms with Gasteiger partial charge in [0.1, 0.15) is 0 Å². The van der Waals surface area contributed by atoms with Crippen LogP contribution in [0.25, 0.3) is 21.9 Å². The van der Waals surface area contributed by atoms with E-state index in [1.54, 1.807) is 0 Å². The highest BCUT2D eigenvalue weighted by atomic mass is 16.6. The number of nitro groups is 2. The Morgan fingerprint density at radius 1 is 0.879 bits per heavy atom. The number of H-pyrrole nitrogens is 1. The fourth-order valence-electron chi connectivity index (χ4n) is 3.12. The standard InChI is InChI=1S/C12H10N4O7.C9H7N/c1-13-10(17)9(11(18)14(2)12(13)19)7-4-3-6(15(20)21)5-8(7)16(22)23;1-2-4-9-7-10-6-5-8(9)3-1/h3-5,17H,1-2H3;1-7H. The zero-order valence-corrected chi connectivity index (χ0v) is 17.4. The summed E-state index contributed by atoms with van der Waals surface area (Å²) in [5.41, 5.74) is -4.22. The maximum Gasteiger partial charge on any atom is 0.329 e. The highest BCUT2D eigenvalue weighted by Gasteiger charge is 2.24. The van der Waals surface area contributed by atoms with Crippen molar-refractivity contribution >= 4 is 22.1 Å². The van der Waals surface area contributed by atoms with Crippen molar-refractivity contribution < 1.29 is 19.9 Å². The Hall–Kier alpha value is -4.87. The Bertz CT molecular complexity index is 1440. The monoisotopic (exact) mass is 451 g/mol. The van der Waals surface area contributed by atoms with Crippen LogP contribution in [0.15, 0.2) is 70.5 Å². The van der Waals surface area contributed by atoms with E-state index in [2.05, 4.69) is 23.2 Å². The number of fused-ring (bicyclic) bond motifs is 1. The molecule has 2 aromatic heterocycles. The van der Waals surface area contributed by atoms with E-state index < -0.39 is 43.9 Å². The van der Waals surface area contributed by atoms with Crippen molar-refractivity contribution in [3.05, 3.63) is 102 Å². The van der Waals surface area contributed by atoms with Crippen molar-refractivity contribution in [2.75, 3.05) is 0 Å². The summed E-state index contributed by atoms with van der Waals surface area (Å²) in [7, 11) is 2.23. The summed E-state index contributed by atoms with van der Waals surface area (Å²) >= 11 is 0. The van der Waals surface area contributed by atoms with E-state index in [0.29, 0.717) is 15.2 Å². The summed E-state index contributed by atoms with van der Waals surface area (Å²) in [5.74, 6) is -1.02. The van der Waals surface area contributed by atoms with Crippen LogP contribution < -0.4 is 21.3 Å². The second kappa shape index (κ2) is 9.09. The minimum Gasteiger partial charge on any atom is -0.859 e. The van der Waals surface area contributed by atoms with Crippen molar-refractivity contribution in [2.45, 2.75) is 0 Å². The van der Waals surface area contributed by atoms with Gasteiger partial charge in [-0.15, -0.1) is 0 Å². The molecule has 0 bridgehead atoms. The van der Waals surface area contributed by atoms with Crippen LogP contribution in [0.1, 0.15) is 0 Å².